The van der Waals surface area contributed by atoms with Crippen molar-refractivity contribution in [1.82, 2.24) is 10.6 Å². The molecule has 98 valence electrons. The van der Waals surface area contributed by atoms with Crippen molar-refractivity contribution in [2.45, 2.75) is 6.92 Å². The van der Waals surface area contributed by atoms with Crippen LogP contribution < -0.4 is 10.6 Å². The van der Waals surface area contributed by atoms with Crippen molar-refractivity contribution in [2.75, 3.05) is 20.1 Å². The van der Waals surface area contributed by atoms with Crippen LogP contribution in [0.4, 0.5) is 0 Å². The summed E-state index contributed by atoms with van der Waals surface area (Å²) in [6.07, 6.45) is 0. The Morgan fingerprint density at radius 3 is 2.78 bits per heavy atom. The number of amides is 1. The number of nitrogens with one attached hydrogen (secondary N) is 2. The van der Waals surface area contributed by atoms with Gasteiger partial charge in [0, 0.05) is 18.5 Å². The lowest BCUT2D eigenvalue weighted by atomic mass is 10.2. The van der Waals surface area contributed by atoms with E-state index in [2.05, 4.69) is 10.6 Å². The quantitative estimate of drug-likeness (QED) is 0.835. The molecule has 5 heteroatoms. The van der Waals surface area contributed by atoms with Gasteiger partial charge < -0.3 is 15.1 Å². The van der Waals surface area contributed by atoms with E-state index >= 15 is 0 Å². The average Bonchev–Trinajstić information content (AvgIpc) is 2.72. The van der Waals surface area contributed by atoms with E-state index in [1.807, 2.05) is 32.2 Å². The number of rotatable bonds is 4. The molecule has 18 heavy (non-hydrogen) atoms. The Bertz CT molecular complexity index is 537. The van der Waals surface area contributed by atoms with Gasteiger partial charge in [0.2, 0.25) is 0 Å². The zero-order valence-corrected chi connectivity index (χ0v) is 11.3. The molecule has 0 bridgehead atoms. The van der Waals surface area contributed by atoms with Gasteiger partial charge in [0.15, 0.2) is 5.76 Å². The number of benzene rings is 1. The van der Waals surface area contributed by atoms with Gasteiger partial charge in [0.25, 0.3) is 5.91 Å². The maximum atomic E-state index is 11.7. The number of carbonyl (C=O) groups excluding carboxylic acids is 1. The Kier molecular flexibility index (Phi) is 5.19. The molecule has 0 aliphatic rings. The molecule has 1 aromatic heterocycles. The minimum Gasteiger partial charge on any atom is -0.451 e. The van der Waals surface area contributed by atoms with Crippen LogP contribution in [0.15, 0.2) is 28.7 Å². The predicted molar refractivity (Wildman–Crippen MR) is 74.5 cm³/mol. The first kappa shape index (κ1) is 14.5. The number of hydrogen-bond acceptors (Lipinski definition) is 3. The molecule has 0 saturated heterocycles. The number of hydrogen-bond donors (Lipinski definition) is 2. The predicted octanol–water partition coefficient (Wildman–Crippen LogP) is 2.11. The molecule has 0 saturated carbocycles. The van der Waals surface area contributed by atoms with Crippen LogP contribution in [0, 0.1) is 6.92 Å². The molecule has 0 atom stereocenters. The van der Waals surface area contributed by atoms with E-state index in [4.69, 9.17) is 4.42 Å². The number of aryl methyl sites for hydroxylation is 1. The van der Waals surface area contributed by atoms with Crippen LogP contribution >= 0.6 is 12.4 Å². The molecule has 1 heterocycles. The summed E-state index contributed by atoms with van der Waals surface area (Å²) in [4.78, 5) is 11.7. The lowest BCUT2D eigenvalue weighted by Crippen LogP contribution is -2.30. The smallest absolute Gasteiger partial charge is 0.287 e. The van der Waals surface area contributed by atoms with E-state index in [-0.39, 0.29) is 18.3 Å². The molecular formula is C13H17ClN2O2. The summed E-state index contributed by atoms with van der Waals surface area (Å²) >= 11 is 0. The summed E-state index contributed by atoms with van der Waals surface area (Å²) in [7, 11) is 1.84. The summed E-state index contributed by atoms with van der Waals surface area (Å²) in [6.45, 7) is 3.34. The molecule has 4 nitrogen and oxygen atoms in total. The normalized spacial score (nSPS) is 10.1. The summed E-state index contributed by atoms with van der Waals surface area (Å²) in [6, 6.07) is 7.63. The maximum absolute atomic E-state index is 11.7. The van der Waals surface area contributed by atoms with Crippen molar-refractivity contribution >= 4 is 29.3 Å². The van der Waals surface area contributed by atoms with Crippen molar-refractivity contribution in [2.24, 2.45) is 0 Å². The molecule has 2 N–H and O–H groups in total. The summed E-state index contributed by atoms with van der Waals surface area (Å²) in [5.41, 5.74) is 1.90. The number of halogens is 1. The first-order valence-corrected chi connectivity index (χ1v) is 5.63. The van der Waals surface area contributed by atoms with E-state index in [1.54, 1.807) is 6.07 Å². The number of carbonyl (C=O) groups is 1. The topological polar surface area (TPSA) is 54.3 Å². The summed E-state index contributed by atoms with van der Waals surface area (Å²) < 4.78 is 5.48. The Morgan fingerprint density at radius 2 is 2.06 bits per heavy atom. The Morgan fingerprint density at radius 1 is 1.28 bits per heavy atom. The second kappa shape index (κ2) is 6.42. The van der Waals surface area contributed by atoms with Gasteiger partial charge in [-0.1, -0.05) is 11.6 Å². The first-order valence-electron chi connectivity index (χ1n) is 5.63. The van der Waals surface area contributed by atoms with Crippen LogP contribution in [0.25, 0.3) is 11.0 Å². The van der Waals surface area contributed by atoms with Crippen LogP contribution in [0.1, 0.15) is 16.1 Å². The number of fused-ring (bicyclic) bond motifs is 1. The maximum Gasteiger partial charge on any atom is 0.287 e. The fourth-order valence-electron chi connectivity index (χ4n) is 1.66. The highest BCUT2D eigenvalue weighted by atomic mass is 35.5. The van der Waals surface area contributed by atoms with Gasteiger partial charge in [-0.2, -0.15) is 0 Å². The monoisotopic (exact) mass is 268 g/mol. The first-order chi connectivity index (χ1) is 8.20. The Hall–Kier alpha value is -1.52. The van der Waals surface area contributed by atoms with Gasteiger partial charge in [-0.25, -0.2) is 0 Å². The Labute approximate surface area is 112 Å². The number of likely N-dealkylation sites (N-methyl/N-ethyl adjacent to an activating group) is 1. The third kappa shape index (κ3) is 3.24. The molecule has 1 aromatic carbocycles. The van der Waals surface area contributed by atoms with Crippen LogP contribution in [0.2, 0.25) is 0 Å². The van der Waals surface area contributed by atoms with E-state index in [0.717, 1.165) is 23.1 Å². The van der Waals surface area contributed by atoms with E-state index in [9.17, 15) is 4.79 Å². The molecule has 0 spiro atoms. The highest BCUT2D eigenvalue weighted by Crippen LogP contribution is 2.20. The lowest BCUT2D eigenvalue weighted by molar-refractivity contribution is 0.0928. The second-order valence-electron chi connectivity index (χ2n) is 4.01. The fourth-order valence-corrected chi connectivity index (χ4v) is 1.66. The van der Waals surface area contributed by atoms with Crippen molar-refractivity contribution in [3.8, 4) is 0 Å². The second-order valence-corrected chi connectivity index (χ2v) is 4.01. The van der Waals surface area contributed by atoms with Gasteiger partial charge in [0.05, 0.1) is 0 Å². The van der Waals surface area contributed by atoms with Crippen molar-refractivity contribution in [3.05, 3.63) is 35.6 Å². The third-order valence-corrected chi connectivity index (χ3v) is 2.56. The molecule has 1 amide bonds. The highest BCUT2D eigenvalue weighted by Gasteiger charge is 2.11. The van der Waals surface area contributed by atoms with Gasteiger partial charge in [-0.05, 0) is 32.2 Å². The van der Waals surface area contributed by atoms with Crippen molar-refractivity contribution in [3.63, 3.8) is 0 Å². The highest BCUT2D eigenvalue weighted by molar-refractivity contribution is 5.96. The zero-order chi connectivity index (χ0) is 12.3. The van der Waals surface area contributed by atoms with Crippen molar-refractivity contribution in [1.29, 1.82) is 0 Å². The molecule has 0 aliphatic heterocycles. The van der Waals surface area contributed by atoms with E-state index < -0.39 is 0 Å². The zero-order valence-electron chi connectivity index (χ0n) is 10.4. The molecule has 0 fully saturated rings. The fraction of sp³-hybridized carbons (Fsp3) is 0.308. The third-order valence-electron chi connectivity index (χ3n) is 2.56. The average molecular weight is 269 g/mol. The van der Waals surface area contributed by atoms with Crippen LogP contribution in [0.5, 0.6) is 0 Å². The van der Waals surface area contributed by atoms with Crippen LogP contribution in [0.3, 0.4) is 0 Å². The van der Waals surface area contributed by atoms with Crippen molar-refractivity contribution < 1.29 is 9.21 Å². The van der Waals surface area contributed by atoms with E-state index in [0.29, 0.717) is 12.3 Å². The summed E-state index contributed by atoms with van der Waals surface area (Å²) in [5, 5.41) is 6.71. The largest absolute Gasteiger partial charge is 0.451 e. The Balaban J connectivity index is 0.00000162. The minimum atomic E-state index is -0.172. The summed E-state index contributed by atoms with van der Waals surface area (Å²) in [5.74, 6) is 0.191. The SMILES string of the molecule is CNCCNC(=O)c1cc2cc(C)ccc2o1.Cl. The molecular weight excluding hydrogens is 252 g/mol. The molecule has 2 aromatic rings. The minimum absolute atomic E-state index is 0. The molecule has 0 aliphatic carbocycles. The number of furan rings is 1. The van der Waals surface area contributed by atoms with Gasteiger partial charge in [-0.3, -0.25) is 4.79 Å². The van der Waals surface area contributed by atoms with Crippen LogP contribution in [-0.2, 0) is 0 Å². The van der Waals surface area contributed by atoms with E-state index in [1.165, 1.54) is 0 Å². The van der Waals surface area contributed by atoms with Crippen LogP contribution in [-0.4, -0.2) is 26.0 Å². The van der Waals surface area contributed by atoms with Gasteiger partial charge >= 0.3 is 0 Å². The lowest BCUT2D eigenvalue weighted by Gasteiger charge is -2.00. The van der Waals surface area contributed by atoms with Gasteiger partial charge in [0.1, 0.15) is 5.58 Å². The standard InChI is InChI=1S/C13H16N2O2.ClH/c1-9-3-4-11-10(7-9)8-12(17-11)13(16)15-6-5-14-2;/h3-4,7-8,14H,5-6H2,1-2H3,(H,15,16);1H. The molecule has 0 unspecified atom stereocenters. The molecule has 2 rings (SSSR count). The van der Waals surface area contributed by atoms with Gasteiger partial charge in [-0.15, -0.1) is 12.4 Å². The molecule has 0 radical (unpaired) electrons.